The zero-order valence-electron chi connectivity index (χ0n) is 19.8. The Balaban J connectivity index is 1.65. The van der Waals surface area contributed by atoms with Gasteiger partial charge in [0.05, 0.1) is 7.11 Å². The molecule has 0 aromatic carbocycles. The second kappa shape index (κ2) is 10.7. The van der Waals surface area contributed by atoms with Crippen molar-refractivity contribution in [3.8, 4) is 11.5 Å². The summed E-state index contributed by atoms with van der Waals surface area (Å²) in [5, 5.41) is 5.89. The van der Waals surface area contributed by atoms with Crippen LogP contribution in [0.15, 0.2) is 42.6 Å². The summed E-state index contributed by atoms with van der Waals surface area (Å²) in [4.78, 5) is 28.7. The van der Waals surface area contributed by atoms with Gasteiger partial charge in [0.1, 0.15) is 28.7 Å². The highest BCUT2D eigenvalue weighted by Crippen LogP contribution is 2.31. The van der Waals surface area contributed by atoms with Crippen molar-refractivity contribution in [3.63, 3.8) is 0 Å². The Morgan fingerprint density at radius 1 is 0.947 bits per heavy atom. The zero-order chi connectivity index (χ0) is 27.5. The van der Waals surface area contributed by atoms with Gasteiger partial charge in [0.15, 0.2) is 5.82 Å². The number of carbonyl (C=O) groups excluding carboxylic acids is 1. The average molecular weight is 541 g/mol. The normalized spacial score (nSPS) is 14.8. The van der Waals surface area contributed by atoms with E-state index in [1.54, 1.807) is 0 Å². The average Bonchev–Trinajstić information content (AvgIpc) is 2.88. The molecule has 1 amide bonds. The molecule has 4 rings (SSSR count). The number of halogens is 6. The lowest BCUT2D eigenvalue weighted by Crippen LogP contribution is -2.42. The van der Waals surface area contributed by atoms with Crippen molar-refractivity contribution in [2.45, 2.75) is 31.2 Å². The van der Waals surface area contributed by atoms with Crippen molar-refractivity contribution < 1.29 is 35.9 Å². The predicted molar refractivity (Wildman–Crippen MR) is 123 cm³/mol. The minimum atomic E-state index is -4.70. The number of alkyl halides is 6. The molecule has 2 N–H and O–H groups in total. The molecule has 0 aliphatic carbocycles. The standard InChI is InChI=1S/C23H21F6N7O2/c1-38-21(37)36-9-6-13(7-10-36)31-18-12-19(32-14-5-8-30-17(11-14)23(27,28)29)35-20(34-18)15-3-2-4-16(33-15)22(24,25)26/h2-5,8,11-13H,6-7,9-10H2,1H3,(H2,30,31,32,34,35). The fourth-order valence-corrected chi connectivity index (χ4v) is 3.77. The highest BCUT2D eigenvalue weighted by Gasteiger charge is 2.33. The maximum absolute atomic E-state index is 13.2. The van der Waals surface area contributed by atoms with Crippen molar-refractivity contribution in [1.82, 2.24) is 24.8 Å². The van der Waals surface area contributed by atoms with Crippen molar-refractivity contribution in [2.75, 3.05) is 30.8 Å². The number of likely N-dealkylation sites (tertiary alicyclic amines) is 1. The quantitative estimate of drug-likeness (QED) is 0.416. The molecule has 15 heteroatoms. The van der Waals surface area contributed by atoms with Crippen LogP contribution in [-0.2, 0) is 17.1 Å². The minimum absolute atomic E-state index is 0.00585. The second-order valence-corrected chi connectivity index (χ2v) is 8.30. The van der Waals surface area contributed by atoms with E-state index in [2.05, 4.69) is 30.6 Å². The largest absolute Gasteiger partial charge is 0.453 e. The first kappa shape index (κ1) is 26.9. The number of rotatable bonds is 5. The molecule has 3 aromatic heterocycles. The van der Waals surface area contributed by atoms with Crippen LogP contribution in [0, 0.1) is 0 Å². The molecule has 1 aliphatic heterocycles. The molecule has 202 valence electrons. The van der Waals surface area contributed by atoms with Crippen LogP contribution in [0.2, 0.25) is 0 Å². The number of anilines is 3. The zero-order valence-corrected chi connectivity index (χ0v) is 19.8. The smallest absolute Gasteiger partial charge is 0.433 e. The fourth-order valence-electron chi connectivity index (χ4n) is 3.77. The number of ether oxygens (including phenoxy) is 1. The number of hydrogen-bond acceptors (Lipinski definition) is 8. The first-order valence-corrected chi connectivity index (χ1v) is 11.3. The van der Waals surface area contributed by atoms with Gasteiger partial charge in [-0.15, -0.1) is 0 Å². The highest BCUT2D eigenvalue weighted by molar-refractivity contribution is 5.67. The van der Waals surface area contributed by atoms with Crippen LogP contribution in [0.25, 0.3) is 11.5 Å². The lowest BCUT2D eigenvalue weighted by atomic mass is 10.1. The number of nitrogens with one attached hydrogen (secondary N) is 2. The molecule has 38 heavy (non-hydrogen) atoms. The molecule has 0 radical (unpaired) electrons. The van der Waals surface area contributed by atoms with Crippen LogP contribution >= 0.6 is 0 Å². The van der Waals surface area contributed by atoms with E-state index in [0.29, 0.717) is 25.9 Å². The van der Waals surface area contributed by atoms with Crippen LogP contribution < -0.4 is 10.6 Å². The molecular formula is C23H21F6N7O2. The van der Waals surface area contributed by atoms with Gasteiger partial charge in [-0.25, -0.2) is 19.7 Å². The molecule has 9 nitrogen and oxygen atoms in total. The van der Waals surface area contributed by atoms with Crippen molar-refractivity contribution in [3.05, 3.63) is 54.0 Å². The van der Waals surface area contributed by atoms with E-state index in [9.17, 15) is 31.1 Å². The van der Waals surface area contributed by atoms with E-state index in [4.69, 9.17) is 4.74 Å². The van der Waals surface area contributed by atoms with Crippen molar-refractivity contribution >= 4 is 23.4 Å². The Morgan fingerprint density at radius 2 is 1.63 bits per heavy atom. The molecule has 1 fully saturated rings. The van der Waals surface area contributed by atoms with Gasteiger partial charge in [-0.3, -0.25) is 4.98 Å². The molecule has 3 aromatic rings. The van der Waals surface area contributed by atoms with Crippen LogP contribution in [0.5, 0.6) is 0 Å². The Kier molecular flexibility index (Phi) is 7.55. The number of pyridine rings is 2. The highest BCUT2D eigenvalue weighted by atomic mass is 19.4. The van der Waals surface area contributed by atoms with Crippen LogP contribution in [0.1, 0.15) is 24.2 Å². The third kappa shape index (κ3) is 6.58. The first-order valence-electron chi connectivity index (χ1n) is 11.3. The topological polar surface area (TPSA) is 105 Å². The lowest BCUT2D eigenvalue weighted by Gasteiger charge is -2.31. The Morgan fingerprint density at radius 3 is 2.29 bits per heavy atom. The molecule has 1 aliphatic rings. The molecule has 1 saturated heterocycles. The first-order chi connectivity index (χ1) is 17.9. The number of hydrogen-bond donors (Lipinski definition) is 2. The Labute approximate surface area is 212 Å². The van der Waals surface area contributed by atoms with Crippen LogP contribution in [0.3, 0.4) is 0 Å². The van der Waals surface area contributed by atoms with E-state index in [1.165, 1.54) is 30.2 Å². The van der Waals surface area contributed by atoms with Crippen LogP contribution in [-0.4, -0.2) is 57.2 Å². The lowest BCUT2D eigenvalue weighted by molar-refractivity contribution is -0.141. The number of nitrogens with zero attached hydrogens (tertiary/aromatic N) is 5. The number of aromatic nitrogens is 4. The summed E-state index contributed by atoms with van der Waals surface area (Å²) in [6.45, 7) is 0.805. The van der Waals surface area contributed by atoms with Gasteiger partial charge in [0.25, 0.3) is 0 Å². The third-order valence-electron chi connectivity index (χ3n) is 5.60. The number of piperidine rings is 1. The monoisotopic (exact) mass is 541 g/mol. The molecule has 0 bridgehead atoms. The number of methoxy groups -OCH3 is 1. The van der Waals surface area contributed by atoms with Crippen molar-refractivity contribution in [1.29, 1.82) is 0 Å². The number of amides is 1. The van der Waals surface area contributed by atoms with Gasteiger partial charge < -0.3 is 20.3 Å². The second-order valence-electron chi connectivity index (χ2n) is 8.30. The van der Waals surface area contributed by atoms with Gasteiger partial charge in [-0.2, -0.15) is 26.3 Å². The maximum Gasteiger partial charge on any atom is 0.433 e. The molecular weight excluding hydrogens is 520 g/mol. The summed E-state index contributed by atoms with van der Waals surface area (Å²) in [6.07, 6.45) is -7.81. The number of carbonyl (C=O) groups is 1. The molecule has 0 spiro atoms. The van der Waals surface area contributed by atoms with Crippen molar-refractivity contribution in [2.24, 2.45) is 0 Å². The molecule has 0 unspecified atom stereocenters. The summed E-state index contributed by atoms with van der Waals surface area (Å²) in [6, 6.07) is 6.57. The van der Waals surface area contributed by atoms with Crippen LogP contribution in [0.4, 0.5) is 48.5 Å². The Hall–Kier alpha value is -4.17. The predicted octanol–water partition coefficient (Wildman–Crippen LogP) is 5.36. The Bertz CT molecular complexity index is 1290. The summed E-state index contributed by atoms with van der Waals surface area (Å²) in [7, 11) is 1.28. The minimum Gasteiger partial charge on any atom is -0.453 e. The van der Waals surface area contributed by atoms with Gasteiger partial charge in [0, 0.05) is 37.1 Å². The summed E-state index contributed by atoms with van der Waals surface area (Å²) in [5.74, 6) is 0.0436. The molecule has 4 heterocycles. The molecule has 0 saturated carbocycles. The van der Waals surface area contributed by atoms with E-state index < -0.39 is 29.8 Å². The van der Waals surface area contributed by atoms with E-state index in [-0.39, 0.29) is 34.9 Å². The molecule has 0 atom stereocenters. The van der Waals surface area contributed by atoms with E-state index >= 15 is 0 Å². The van der Waals surface area contributed by atoms with E-state index in [1.807, 2.05) is 0 Å². The SMILES string of the molecule is COC(=O)N1CCC(Nc2cc(Nc3ccnc(C(F)(F)F)c3)nc(-c3cccc(C(F)(F)F)n3)n2)CC1. The van der Waals surface area contributed by atoms with E-state index in [0.717, 1.165) is 24.4 Å². The summed E-state index contributed by atoms with van der Waals surface area (Å²) >= 11 is 0. The van der Waals surface area contributed by atoms with Gasteiger partial charge in [0.2, 0.25) is 0 Å². The van der Waals surface area contributed by atoms with Gasteiger partial charge in [-0.05, 0) is 37.1 Å². The van der Waals surface area contributed by atoms with Gasteiger partial charge in [-0.1, -0.05) is 6.07 Å². The fraction of sp³-hybridized carbons (Fsp3) is 0.348. The summed E-state index contributed by atoms with van der Waals surface area (Å²) in [5.41, 5.74) is -2.46. The maximum atomic E-state index is 13.2. The third-order valence-corrected chi connectivity index (χ3v) is 5.60. The van der Waals surface area contributed by atoms with Gasteiger partial charge >= 0.3 is 18.4 Å². The summed E-state index contributed by atoms with van der Waals surface area (Å²) < 4.78 is 83.7.